The van der Waals surface area contributed by atoms with Gasteiger partial charge in [0.25, 0.3) is 17.5 Å². The van der Waals surface area contributed by atoms with Crippen LogP contribution in [0.5, 0.6) is 0 Å². The number of allylic oxidation sites excluding steroid dienone is 1. The number of hydrogen-bond acceptors (Lipinski definition) is 16. The fraction of sp³-hybridized carbons (Fsp3) is 0.759. The standard InChI is InChI=1S/C29H45N3O15/c33-26(25-22-24(23-30-25)32(37)38)2-1-6-39-8-10-41-12-14-43-16-18-45-20-21-46-19-17-44-15-13-42-11-9-40-7-5-29(36)47-31-27(34)3-4-28(31)35/h22H,1-21,23H2. The lowest BCUT2D eigenvalue weighted by Crippen LogP contribution is -2.32. The summed E-state index contributed by atoms with van der Waals surface area (Å²) in [7, 11) is 0. The number of ether oxygens (including phenoxy) is 8. The predicted molar refractivity (Wildman–Crippen MR) is 160 cm³/mol. The zero-order valence-electron chi connectivity index (χ0n) is 26.6. The van der Waals surface area contributed by atoms with Gasteiger partial charge in [0.2, 0.25) is 0 Å². The van der Waals surface area contributed by atoms with Crippen molar-refractivity contribution in [1.29, 1.82) is 0 Å². The first-order valence-corrected chi connectivity index (χ1v) is 15.5. The van der Waals surface area contributed by atoms with E-state index in [2.05, 4.69) is 4.99 Å². The van der Waals surface area contributed by atoms with Crippen molar-refractivity contribution < 1.29 is 66.8 Å². The molecule has 2 rings (SSSR count). The van der Waals surface area contributed by atoms with Gasteiger partial charge in [0, 0.05) is 31.9 Å². The Labute approximate surface area is 272 Å². The molecule has 0 N–H and O–H groups in total. The zero-order valence-corrected chi connectivity index (χ0v) is 26.6. The third-order valence-corrected chi connectivity index (χ3v) is 6.18. The van der Waals surface area contributed by atoms with Gasteiger partial charge in [-0.2, -0.15) is 0 Å². The number of hydrogen-bond donors (Lipinski definition) is 0. The second-order valence-electron chi connectivity index (χ2n) is 9.82. The summed E-state index contributed by atoms with van der Waals surface area (Å²) in [4.78, 5) is 65.1. The minimum atomic E-state index is -0.709. The summed E-state index contributed by atoms with van der Waals surface area (Å²) in [6, 6.07) is 0. The van der Waals surface area contributed by atoms with Crippen molar-refractivity contribution in [2.75, 3.05) is 112 Å². The van der Waals surface area contributed by atoms with Gasteiger partial charge in [-0.3, -0.25) is 29.5 Å². The molecule has 1 fully saturated rings. The van der Waals surface area contributed by atoms with Crippen molar-refractivity contribution in [2.45, 2.75) is 32.1 Å². The normalized spacial score (nSPS) is 14.5. The zero-order chi connectivity index (χ0) is 34.0. The molecule has 0 spiro atoms. The summed E-state index contributed by atoms with van der Waals surface area (Å²) in [5.41, 5.74) is 0.0847. The summed E-state index contributed by atoms with van der Waals surface area (Å²) in [5, 5.41) is 11.2. The van der Waals surface area contributed by atoms with E-state index in [-0.39, 0.29) is 62.6 Å². The highest BCUT2D eigenvalue weighted by Gasteiger charge is 2.32. The highest BCUT2D eigenvalue weighted by atomic mass is 16.7. The molecule has 0 saturated carbocycles. The number of nitro groups is 1. The van der Waals surface area contributed by atoms with E-state index >= 15 is 0 Å². The first kappa shape index (κ1) is 39.9. The number of hydroxylamine groups is 2. The molecule has 0 unspecified atom stereocenters. The van der Waals surface area contributed by atoms with Crippen molar-refractivity contribution in [1.82, 2.24) is 5.06 Å². The number of nitrogens with zero attached hydrogens (tertiary/aromatic N) is 3. The number of aliphatic imine (C=N–C) groups is 1. The molecule has 0 aromatic rings. The number of carbonyl (C=O) groups is 4. The largest absolute Gasteiger partial charge is 0.379 e. The minimum absolute atomic E-state index is 0.0511. The molecular formula is C29H45N3O15. The molecule has 0 atom stereocenters. The molecule has 2 amide bonds. The Morgan fingerprint density at radius 1 is 0.660 bits per heavy atom. The third-order valence-electron chi connectivity index (χ3n) is 6.18. The van der Waals surface area contributed by atoms with Crippen LogP contribution in [0.2, 0.25) is 0 Å². The monoisotopic (exact) mass is 675 g/mol. The Morgan fingerprint density at radius 2 is 1.06 bits per heavy atom. The summed E-state index contributed by atoms with van der Waals surface area (Å²) < 4.78 is 43.1. The van der Waals surface area contributed by atoms with Gasteiger partial charge in [-0.05, 0) is 6.42 Å². The van der Waals surface area contributed by atoms with E-state index in [9.17, 15) is 29.3 Å². The van der Waals surface area contributed by atoms with Crippen molar-refractivity contribution in [3.05, 3.63) is 21.9 Å². The van der Waals surface area contributed by atoms with E-state index in [0.29, 0.717) is 104 Å². The molecule has 0 aliphatic carbocycles. The summed E-state index contributed by atoms with van der Waals surface area (Å²) >= 11 is 0. The van der Waals surface area contributed by atoms with Gasteiger partial charge < -0.3 is 42.7 Å². The van der Waals surface area contributed by atoms with Crippen molar-refractivity contribution in [3.8, 4) is 0 Å². The van der Waals surface area contributed by atoms with E-state index in [4.69, 9.17) is 42.7 Å². The Balaban J connectivity index is 1.20. The molecule has 2 heterocycles. The van der Waals surface area contributed by atoms with Gasteiger partial charge in [-0.25, -0.2) is 4.79 Å². The highest BCUT2D eigenvalue weighted by Crippen LogP contribution is 2.12. The number of carbonyl (C=O) groups excluding carboxylic acids is 4. The molecule has 0 aromatic carbocycles. The number of Topliss-reactive ketones (excluding diaryl/α,β-unsaturated/α-hetero) is 1. The van der Waals surface area contributed by atoms with Gasteiger partial charge in [0.15, 0.2) is 5.78 Å². The first-order chi connectivity index (χ1) is 22.9. The fourth-order valence-corrected chi connectivity index (χ4v) is 3.76. The van der Waals surface area contributed by atoms with Crippen molar-refractivity contribution in [3.63, 3.8) is 0 Å². The maximum Gasteiger partial charge on any atom is 0.335 e. The van der Waals surface area contributed by atoms with Gasteiger partial charge in [-0.15, -0.1) is 5.06 Å². The van der Waals surface area contributed by atoms with Crippen molar-refractivity contribution >= 4 is 29.3 Å². The van der Waals surface area contributed by atoms with E-state index in [1.165, 1.54) is 6.08 Å². The smallest absolute Gasteiger partial charge is 0.335 e. The van der Waals surface area contributed by atoms with Crippen LogP contribution in [0.3, 0.4) is 0 Å². The molecule has 18 nitrogen and oxygen atoms in total. The lowest BCUT2D eigenvalue weighted by Gasteiger charge is -2.12. The van der Waals surface area contributed by atoms with E-state index < -0.39 is 22.7 Å². The molecule has 0 radical (unpaired) electrons. The van der Waals surface area contributed by atoms with Gasteiger partial charge >= 0.3 is 5.97 Å². The number of amides is 2. The summed E-state index contributed by atoms with van der Waals surface area (Å²) in [6.07, 6.45) is 1.96. The number of ketones is 1. The third kappa shape index (κ3) is 19.3. The van der Waals surface area contributed by atoms with Crippen LogP contribution in [0.4, 0.5) is 0 Å². The Hall–Kier alpha value is -3.23. The molecule has 47 heavy (non-hydrogen) atoms. The molecule has 1 saturated heterocycles. The number of imide groups is 1. The van der Waals surface area contributed by atoms with Crippen LogP contribution in [0.25, 0.3) is 0 Å². The molecule has 266 valence electrons. The van der Waals surface area contributed by atoms with E-state index in [1.807, 2.05) is 0 Å². The average molecular weight is 676 g/mol. The second-order valence-corrected chi connectivity index (χ2v) is 9.82. The molecule has 18 heteroatoms. The SMILES string of the molecule is O=C(CCOCCOCCOCCOCCOCCOCCOCCOCCCC(=O)C1=NCC([N+](=O)[O-])=C1)ON1C(=O)CCC1=O. The lowest BCUT2D eigenvalue weighted by atomic mass is 10.1. The lowest BCUT2D eigenvalue weighted by molar-refractivity contribution is -0.424. The topological polar surface area (TPSA) is 210 Å². The molecule has 0 aromatic heterocycles. The quantitative estimate of drug-likeness (QED) is 0.0412. The summed E-state index contributed by atoms with van der Waals surface area (Å²) in [6.45, 7) is 5.98. The molecule has 0 bridgehead atoms. The Morgan fingerprint density at radius 3 is 1.47 bits per heavy atom. The first-order valence-electron chi connectivity index (χ1n) is 15.5. The van der Waals surface area contributed by atoms with E-state index in [1.54, 1.807) is 0 Å². The highest BCUT2D eigenvalue weighted by molar-refractivity contribution is 6.44. The molecule has 2 aliphatic rings. The van der Waals surface area contributed by atoms with Crippen LogP contribution < -0.4 is 0 Å². The van der Waals surface area contributed by atoms with Crippen LogP contribution >= 0.6 is 0 Å². The van der Waals surface area contributed by atoms with Crippen LogP contribution in [0.1, 0.15) is 32.1 Å². The average Bonchev–Trinajstić information content (AvgIpc) is 3.68. The minimum Gasteiger partial charge on any atom is -0.379 e. The molecular weight excluding hydrogens is 630 g/mol. The number of rotatable bonds is 31. The fourth-order valence-electron chi connectivity index (χ4n) is 3.76. The van der Waals surface area contributed by atoms with Gasteiger partial charge in [0.1, 0.15) is 12.3 Å². The van der Waals surface area contributed by atoms with Crippen LogP contribution in [0.15, 0.2) is 16.8 Å². The van der Waals surface area contributed by atoms with Crippen LogP contribution in [0, 0.1) is 10.1 Å². The van der Waals surface area contributed by atoms with E-state index in [0.717, 1.165) is 0 Å². The maximum absolute atomic E-state index is 12.0. The second kappa shape index (κ2) is 25.8. The van der Waals surface area contributed by atoms with Crippen LogP contribution in [-0.4, -0.2) is 152 Å². The Kier molecular flexibility index (Phi) is 21.9. The Bertz CT molecular complexity index is 1020. The van der Waals surface area contributed by atoms with Crippen LogP contribution in [-0.2, 0) is 61.9 Å². The van der Waals surface area contributed by atoms with Crippen molar-refractivity contribution in [2.24, 2.45) is 4.99 Å². The predicted octanol–water partition coefficient (Wildman–Crippen LogP) is 0.0810. The molecule has 2 aliphatic heterocycles. The van der Waals surface area contributed by atoms with Gasteiger partial charge in [-0.1, -0.05) is 0 Å². The maximum atomic E-state index is 12.0. The summed E-state index contributed by atoms with van der Waals surface area (Å²) in [5.74, 6) is -1.97. The van der Waals surface area contributed by atoms with Gasteiger partial charge in [0.05, 0.1) is 110 Å².